The molecule has 2 atom stereocenters. The first-order valence-corrected chi connectivity index (χ1v) is 6.75. The lowest BCUT2D eigenvalue weighted by atomic mass is 9.99. The van der Waals surface area contributed by atoms with Crippen LogP contribution < -0.4 is 5.32 Å². The minimum absolute atomic E-state index is 0.623. The van der Waals surface area contributed by atoms with E-state index < -0.39 is 0 Å². The predicted octanol–water partition coefficient (Wildman–Crippen LogP) is 1.77. The van der Waals surface area contributed by atoms with Crippen LogP contribution in [0, 0.1) is 6.92 Å². The zero-order chi connectivity index (χ0) is 11.8. The molecule has 0 aliphatic carbocycles. The predicted molar refractivity (Wildman–Crippen MR) is 69.2 cm³/mol. The van der Waals surface area contributed by atoms with Crippen LogP contribution >= 0.6 is 0 Å². The van der Waals surface area contributed by atoms with Gasteiger partial charge in [0.05, 0.1) is 11.4 Å². The Morgan fingerprint density at radius 2 is 2.18 bits per heavy atom. The Hall–Kier alpha value is -1.03. The SMILES string of the molecule is Cc1nn(C)cc1NC1CCN2CCCCC12. The van der Waals surface area contributed by atoms with Crippen LogP contribution in [0.5, 0.6) is 0 Å². The highest BCUT2D eigenvalue weighted by atomic mass is 15.3. The number of anilines is 1. The first-order valence-electron chi connectivity index (χ1n) is 6.75. The van der Waals surface area contributed by atoms with Crippen molar-refractivity contribution in [3.8, 4) is 0 Å². The molecular formula is C13H22N4. The molecule has 0 saturated carbocycles. The van der Waals surface area contributed by atoms with E-state index in [-0.39, 0.29) is 0 Å². The van der Waals surface area contributed by atoms with Gasteiger partial charge in [-0.2, -0.15) is 5.10 Å². The molecule has 4 heteroatoms. The smallest absolute Gasteiger partial charge is 0.0825 e. The number of nitrogens with one attached hydrogen (secondary N) is 1. The fourth-order valence-corrected chi connectivity index (χ4v) is 3.36. The Morgan fingerprint density at radius 1 is 1.29 bits per heavy atom. The molecule has 0 aromatic carbocycles. The van der Waals surface area contributed by atoms with E-state index in [1.165, 1.54) is 44.5 Å². The number of piperidine rings is 1. The van der Waals surface area contributed by atoms with Crippen LogP contribution in [-0.2, 0) is 7.05 Å². The number of aryl methyl sites for hydroxylation is 2. The van der Waals surface area contributed by atoms with E-state index in [2.05, 4.69) is 28.4 Å². The van der Waals surface area contributed by atoms with E-state index >= 15 is 0 Å². The molecule has 2 unspecified atom stereocenters. The first kappa shape index (κ1) is 11.1. The maximum absolute atomic E-state index is 4.40. The van der Waals surface area contributed by atoms with Crippen LogP contribution in [0.25, 0.3) is 0 Å². The number of aromatic nitrogens is 2. The van der Waals surface area contributed by atoms with Gasteiger partial charge in [-0.05, 0) is 32.7 Å². The molecule has 3 rings (SSSR count). The van der Waals surface area contributed by atoms with E-state index in [9.17, 15) is 0 Å². The molecule has 2 aliphatic heterocycles. The molecule has 0 spiro atoms. The minimum Gasteiger partial charge on any atom is -0.378 e. The summed E-state index contributed by atoms with van der Waals surface area (Å²) < 4.78 is 1.89. The molecular weight excluding hydrogens is 212 g/mol. The molecule has 2 saturated heterocycles. The van der Waals surface area contributed by atoms with E-state index in [0.29, 0.717) is 6.04 Å². The molecule has 2 fully saturated rings. The zero-order valence-electron chi connectivity index (χ0n) is 10.8. The van der Waals surface area contributed by atoms with Gasteiger partial charge in [-0.25, -0.2) is 0 Å². The lowest BCUT2D eigenvalue weighted by Gasteiger charge is -2.32. The maximum atomic E-state index is 4.40. The highest BCUT2D eigenvalue weighted by Gasteiger charge is 2.35. The Balaban J connectivity index is 1.71. The molecule has 2 aliphatic rings. The number of hydrogen-bond acceptors (Lipinski definition) is 3. The van der Waals surface area contributed by atoms with Crippen LogP contribution in [0.3, 0.4) is 0 Å². The van der Waals surface area contributed by atoms with Crippen molar-refractivity contribution < 1.29 is 0 Å². The van der Waals surface area contributed by atoms with Gasteiger partial charge in [0.1, 0.15) is 0 Å². The van der Waals surface area contributed by atoms with Gasteiger partial charge in [0.25, 0.3) is 0 Å². The quantitative estimate of drug-likeness (QED) is 0.846. The van der Waals surface area contributed by atoms with Crippen LogP contribution in [0.2, 0.25) is 0 Å². The number of fused-ring (bicyclic) bond motifs is 1. The van der Waals surface area contributed by atoms with E-state index in [1.54, 1.807) is 0 Å². The molecule has 1 N–H and O–H groups in total. The standard InChI is InChI=1S/C13H22N4/c1-10-12(9-16(2)15-10)14-11-6-8-17-7-4-3-5-13(11)17/h9,11,13-14H,3-8H2,1-2H3. The van der Waals surface area contributed by atoms with E-state index in [0.717, 1.165) is 11.7 Å². The van der Waals surface area contributed by atoms with Crippen LogP contribution in [0.1, 0.15) is 31.4 Å². The van der Waals surface area contributed by atoms with E-state index in [4.69, 9.17) is 0 Å². The Kier molecular flexibility index (Phi) is 2.82. The summed E-state index contributed by atoms with van der Waals surface area (Å²) in [6.45, 7) is 4.65. The molecule has 0 bridgehead atoms. The second-order valence-electron chi connectivity index (χ2n) is 5.44. The van der Waals surface area contributed by atoms with Gasteiger partial charge in [-0.1, -0.05) is 6.42 Å². The summed E-state index contributed by atoms with van der Waals surface area (Å²) in [4.78, 5) is 2.66. The topological polar surface area (TPSA) is 33.1 Å². The third kappa shape index (κ3) is 2.06. The summed E-state index contributed by atoms with van der Waals surface area (Å²) in [7, 11) is 1.99. The van der Waals surface area contributed by atoms with Gasteiger partial charge in [0.15, 0.2) is 0 Å². The second kappa shape index (κ2) is 4.33. The minimum atomic E-state index is 0.623. The van der Waals surface area contributed by atoms with Crippen LogP contribution in [0.15, 0.2) is 6.20 Å². The Labute approximate surface area is 103 Å². The molecule has 1 aromatic heterocycles. The first-order chi connectivity index (χ1) is 8.24. The summed E-state index contributed by atoms with van der Waals surface area (Å²) >= 11 is 0. The zero-order valence-corrected chi connectivity index (χ0v) is 10.8. The molecule has 17 heavy (non-hydrogen) atoms. The third-order valence-electron chi connectivity index (χ3n) is 4.21. The average Bonchev–Trinajstić information content (AvgIpc) is 2.85. The molecule has 0 radical (unpaired) electrons. The lowest BCUT2D eigenvalue weighted by Crippen LogP contribution is -2.41. The highest BCUT2D eigenvalue weighted by molar-refractivity contribution is 5.47. The summed E-state index contributed by atoms with van der Waals surface area (Å²) in [6, 6.07) is 1.38. The number of rotatable bonds is 2. The summed E-state index contributed by atoms with van der Waals surface area (Å²) in [5, 5.41) is 8.10. The Bertz CT molecular complexity index is 398. The van der Waals surface area contributed by atoms with Crippen LogP contribution in [-0.4, -0.2) is 39.9 Å². The van der Waals surface area contributed by atoms with Gasteiger partial charge >= 0.3 is 0 Å². The fourth-order valence-electron chi connectivity index (χ4n) is 3.36. The van der Waals surface area contributed by atoms with Gasteiger partial charge < -0.3 is 5.32 Å². The second-order valence-corrected chi connectivity index (χ2v) is 5.44. The summed E-state index contributed by atoms with van der Waals surface area (Å²) in [5.74, 6) is 0. The van der Waals surface area contributed by atoms with Crippen molar-refractivity contribution in [1.82, 2.24) is 14.7 Å². The van der Waals surface area contributed by atoms with Crippen molar-refractivity contribution in [2.45, 2.75) is 44.7 Å². The Morgan fingerprint density at radius 3 is 2.94 bits per heavy atom. The van der Waals surface area contributed by atoms with Crippen molar-refractivity contribution in [1.29, 1.82) is 0 Å². The van der Waals surface area contributed by atoms with Crippen molar-refractivity contribution >= 4 is 5.69 Å². The van der Waals surface area contributed by atoms with Crippen molar-refractivity contribution in [3.05, 3.63) is 11.9 Å². The maximum Gasteiger partial charge on any atom is 0.0825 e. The third-order valence-corrected chi connectivity index (χ3v) is 4.21. The summed E-state index contributed by atoms with van der Waals surface area (Å²) in [6.07, 6.45) is 7.51. The molecule has 4 nitrogen and oxygen atoms in total. The lowest BCUT2D eigenvalue weighted by molar-refractivity contribution is 0.193. The molecule has 94 valence electrons. The fraction of sp³-hybridized carbons (Fsp3) is 0.769. The van der Waals surface area contributed by atoms with Gasteiger partial charge in [0.2, 0.25) is 0 Å². The van der Waals surface area contributed by atoms with E-state index in [1.807, 2.05) is 11.7 Å². The number of hydrogen-bond donors (Lipinski definition) is 1. The molecule has 1 aromatic rings. The van der Waals surface area contributed by atoms with Gasteiger partial charge in [0, 0.05) is 31.9 Å². The van der Waals surface area contributed by atoms with Gasteiger partial charge in [-0.3, -0.25) is 9.58 Å². The normalized spacial score (nSPS) is 29.3. The molecule has 0 amide bonds. The number of nitrogens with zero attached hydrogens (tertiary/aromatic N) is 3. The van der Waals surface area contributed by atoms with Crippen molar-refractivity contribution in [2.24, 2.45) is 7.05 Å². The van der Waals surface area contributed by atoms with Crippen LogP contribution in [0.4, 0.5) is 5.69 Å². The monoisotopic (exact) mass is 234 g/mol. The average molecular weight is 234 g/mol. The van der Waals surface area contributed by atoms with Crippen molar-refractivity contribution in [2.75, 3.05) is 18.4 Å². The van der Waals surface area contributed by atoms with Crippen molar-refractivity contribution in [3.63, 3.8) is 0 Å². The summed E-state index contributed by atoms with van der Waals surface area (Å²) in [5.41, 5.74) is 2.33. The largest absolute Gasteiger partial charge is 0.378 e. The van der Waals surface area contributed by atoms with Gasteiger partial charge in [-0.15, -0.1) is 0 Å². The molecule has 3 heterocycles. The highest BCUT2D eigenvalue weighted by Crippen LogP contribution is 2.29.